The lowest BCUT2D eigenvalue weighted by molar-refractivity contribution is 0.646. The SMILES string of the molecule is CS(=O)CC1CCCN1. The van der Waals surface area contributed by atoms with E-state index in [0.717, 1.165) is 12.3 Å². The van der Waals surface area contributed by atoms with Crippen molar-refractivity contribution in [2.45, 2.75) is 18.9 Å². The van der Waals surface area contributed by atoms with Crippen LogP contribution in [-0.2, 0) is 10.8 Å². The van der Waals surface area contributed by atoms with E-state index in [1.165, 1.54) is 12.8 Å². The number of hydrogen-bond acceptors (Lipinski definition) is 2. The van der Waals surface area contributed by atoms with Gasteiger partial charge >= 0.3 is 0 Å². The molecule has 2 unspecified atom stereocenters. The van der Waals surface area contributed by atoms with Crippen LogP contribution in [0, 0.1) is 0 Å². The van der Waals surface area contributed by atoms with Crippen molar-refractivity contribution in [1.82, 2.24) is 5.32 Å². The third-order valence-electron chi connectivity index (χ3n) is 1.60. The average molecular weight is 147 g/mol. The van der Waals surface area contributed by atoms with E-state index in [0.29, 0.717) is 6.04 Å². The summed E-state index contributed by atoms with van der Waals surface area (Å²) >= 11 is 0. The van der Waals surface area contributed by atoms with E-state index in [1.807, 2.05) is 0 Å². The zero-order valence-electron chi connectivity index (χ0n) is 5.72. The molecular formula is C6H13NOS. The van der Waals surface area contributed by atoms with Crippen molar-refractivity contribution < 1.29 is 4.21 Å². The summed E-state index contributed by atoms with van der Waals surface area (Å²) in [6.07, 6.45) is 4.22. The molecule has 2 atom stereocenters. The summed E-state index contributed by atoms with van der Waals surface area (Å²) in [5.41, 5.74) is 0. The molecule has 0 spiro atoms. The molecular weight excluding hydrogens is 134 g/mol. The second-order valence-electron chi connectivity index (χ2n) is 2.53. The summed E-state index contributed by atoms with van der Waals surface area (Å²) in [5, 5.41) is 3.29. The summed E-state index contributed by atoms with van der Waals surface area (Å²) in [6.45, 7) is 1.11. The Morgan fingerprint density at radius 1 is 1.78 bits per heavy atom. The Morgan fingerprint density at radius 2 is 2.56 bits per heavy atom. The van der Waals surface area contributed by atoms with Crippen LogP contribution >= 0.6 is 0 Å². The van der Waals surface area contributed by atoms with Crippen molar-refractivity contribution in [2.75, 3.05) is 18.6 Å². The van der Waals surface area contributed by atoms with Crippen LogP contribution in [0.15, 0.2) is 0 Å². The molecule has 3 heteroatoms. The third-order valence-corrected chi connectivity index (χ3v) is 2.47. The van der Waals surface area contributed by atoms with Gasteiger partial charge in [0.15, 0.2) is 0 Å². The molecule has 54 valence electrons. The third kappa shape index (κ3) is 2.45. The van der Waals surface area contributed by atoms with Crippen molar-refractivity contribution in [2.24, 2.45) is 0 Å². The summed E-state index contributed by atoms with van der Waals surface area (Å²) in [5.74, 6) is 0.833. The lowest BCUT2D eigenvalue weighted by Crippen LogP contribution is -2.27. The van der Waals surface area contributed by atoms with Gasteiger partial charge in [-0.1, -0.05) is 0 Å². The molecule has 0 bridgehead atoms. The lowest BCUT2D eigenvalue weighted by Gasteiger charge is -2.05. The van der Waals surface area contributed by atoms with Crippen molar-refractivity contribution in [1.29, 1.82) is 0 Å². The zero-order chi connectivity index (χ0) is 6.69. The predicted octanol–water partition coefficient (Wildman–Crippen LogP) is 0.117. The van der Waals surface area contributed by atoms with Gasteiger partial charge in [0.05, 0.1) is 0 Å². The van der Waals surface area contributed by atoms with Crippen LogP contribution in [0.3, 0.4) is 0 Å². The minimum Gasteiger partial charge on any atom is -0.313 e. The van der Waals surface area contributed by atoms with Crippen LogP contribution in [0.1, 0.15) is 12.8 Å². The van der Waals surface area contributed by atoms with Crippen molar-refractivity contribution in [3.63, 3.8) is 0 Å². The molecule has 9 heavy (non-hydrogen) atoms. The van der Waals surface area contributed by atoms with Gasteiger partial charge in [-0.3, -0.25) is 4.21 Å². The molecule has 0 aromatic rings. The Morgan fingerprint density at radius 3 is 3.00 bits per heavy atom. The van der Waals surface area contributed by atoms with Crippen molar-refractivity contribution in [3.05, 3.63) is 0 Å². The van der Waals surface area contributed by atoms with E-state index in [2.05, 4.69) is 5.32 Å². The molecule has 1 rings (SSSR count). The molecule has 2 nitrogen and oxygen atoms in total. The van der Waals surface area contributed by atoms with Crippen LogP contribution in [0.5, 0.6) is 0 Å². The van der Waals surface area contributed by atoms with E-state index in [4.69, 9.17) is 0 Å². The first-order valence-corrected chi connectivity index (χ1v) is 5.05. The monoisotopic (exact) mass is 147 g/mol. The summed E-state index contributed by atoms with van der Waals surface area (Å²) in [4.78, 5) is 0. The van der Waals surface area contributed by atoms with E-state index in [9.17, 15) is 4.21 Å². The second kappa shape index (κ2) is 3.32. The minimum absolute atomic E-state index is 0.538. The normalized spacial score (nSPS) is 30.6. The van der Waals surface area contributed by atoms with Crippen LogP contribution in [0.25, 0.3) is 0 Å². The van der Waals surface area contributed by atoms with Gasteiger partial charge in [0.25, 0.3) is 0 Å². The minimum atomic E-state index is -0.618. The summed E-state index contributed by atoms with van der Waals surface area (Å²) in [6, 6.07) is 0.538. The van der Waals surface area contributed by atoms with Crippen molar-refractivity contribution >= 4 is 10.8 Å². The fraction of sp³-hybridized carbons (Fsp3) is 1.00. The zero-order valence-corrected chi connectivity index (χ0v) is 6.54. The Bertz CT molecular complexity index is 110. The van der Waals surface area contributed by atoms with Gasteiger partial charge in [0.1, 0.15) is 0 Å². The van der Waals surface area contributed by atoms with Crippen LogP contribution in [0.4, 0.5) is 0 Å². The first-order chi connectivity index (χ1) is 4.29. The highest BCUT2D eigenvalue weighted by Gasteiger charge is 2.14. The molecule has 0 aromatic carbocycles. The van der Waals surface area contributed by atoms with E-state index in [-0.39, 0.29) is 0 Å². The van der Waals surface area contributed by atoms with E-state index >= 15 is 0 Å². The molecule has 1 fully saturated rings. The molecule has 1 saturated heterocycles. The Labute approximate surface area is 58.5 Å². The fourth-order valence-corrected chi connectivity index (χ4v) is 2.03. The average Bonchev–Trinajstić information content (AvgIpc) is 2.15. The highest BCUT2D eigenvalue weighted by molar-refractivity contribution is 7.84. The largest absolute Gasteiger partial charge is 0.313 e. The number of nitrogens with one attached hydrogen (secondary N) is 1. The van der Waals surface area contributed by atoms with Crippen LogP contribution in [-0.4, -0.2) is 28.8 Å². The maximum atomic E-state index is 10.7. The van der Waals surface area contributed by atoms with Gasteiger partial charge in [0, 0.05) is 28.9 Å². The van der Waals surface area contributed by atoms with Crippen LogP contribution in [0.2, 0.25) is 0 Å². The summed E-state index contributed by atoms with van der Waals surface area (Å²) in [7, 11) is -0.618. The van der Waals surface area contributed by atoms with Gasteiger partial charge in [-0.25, -0.2) is 0 Å². The van der Waals surface area contributed by atoms with Gasteiger partial charge in [-0.05, 0) is 19.4 Å². The number of hydrogen-bond donors (Lipinski definition) is 1. The fourth-order valence-electron chi connectivity index (χ4n) is 1.18. The number of rotatable bonds is 2. The smallest absolute Gasteiger partial charge is 0.0386 e. The van der Waals surface area contributed by atoms with Gasteiger partial charge in [0.2, 0.25) is 0 Å². The molecule has 0 amide bonds. The maximum Gasteiger partial charge on any atom is 0.0386 e. The topological polar surface area (TPSA) is 29.1 Å². The highest BCUT2D eigenvalue weighted by Crippen LogP contribution is 2.04. The summed E-state index contributed by atoms with van der Waals surface area (Å²) < 4.78 is 10.7. The molecule has 1 aliphatic rings. The molecule has 1 N–H and O–H groups in total. The molecule has 0 aromatic heterocycles. The lowest BCUT2D eigenvalue weighted by atomic mass is 10.3. The first-order valence-electron chi connectivity index (χ1n) is 3.32. The highest BCUT2D eigenvalue weighted by atomic mass is 32.2. The quantitative estimate of drug-likeness (QED) is 0.601. The Hall–Kier alpha value is 0.110. The Balaban J connectivity index is 2.19. The Kier molecular flexibility index (Phi) is 2.66. The van der Waals surface area contributed by atoms with Gasteiger partial charge in [-0.2, -0.15) is 0 Å². The molecule has 0 saturated carbocycles. The van der Waals surface area contributed by atoms with Gasteiger partial charge in [-0.15, -0.1) is 0 Å². The van der Waals surface area contributed by atoms with Crippen LogP contribution < -0.4 is 5.32 Å². The van der Waals surface area contributed by atoms with E-state index in [1.54, 1.807) is 6.26 Å². The van der Waals surface area contributed by atoms with Crippen molar-refractivity contribution in [3.8, 4) is 0 Å². The predicted molar refractivity (Wildman–Crippen MR) is 40.0 cm³/mol. The molecule has 0 aliphatic carbocycles. The van der Waals surface area contributed by atoms with E-state index < -0.39 is 10.8 Å². The molecule has 1 heterocycles. The molecule has 1 aliphatic heterocycles. The van der Waals surface area contributed by atoms with Gasteiger partial charge < -0.3 is 5.32 Å². The molecule has 0 radical (unpaired) electrons. The second-order valence-corrected chi connectivity index (χ2v) is 4.01. The first kappa shape index (κ1) is 7.22. The standard InChI is InChI=1S/C6H13NOS/c1-9(8)5-6-3-2-4-7-6/h6-7H,2-5H2,1H3. The maximum absolute atomic E-state index is 10.7.